The van der Waals surface area contributed by atoms with Gasteiger partial charge in [0.25, 0.3) is 0 Å². The van der Waals surface area contributed by atoms with Crippen LogP contribution >= 0.6 is 0 Å². The molecule has 0 saturated carbocycles. The van der Waals surface area contributed by atoms with Gasteiger partial charge in [-0.25, -0.2) is 4.79 Å². The van der Waals surface area contributed by atoms with Crippen LogP contribution in [0, 0.1) is 0 Å². The lowest BCUT2D eigenvalue weighted by molar-refractivity contribution is -0.132. The highest BCUT2D eigenvalue weighted by molar-refractivity contribution is 6.05. The molecule has 0 aromatic heterocycles. The molecule has 6 heteroatoms. The first-order chi connectivity index (χ1) is 13.5. The van der Waals surface area contributed by atoms with Gasteiger partial charge in [-0.2, -0.15) is 0 Å². The van der Waals surface area contributed by atoms with E-state index in [-0.39, 0.29) is 0 Å². The number of hydrogen-bond donors (Lipinski definition) is 0. The Hall–Kier alpha value is -3.54. The number of ether oxygens (including phenoxy) is 4. The van der Waals surface area contributed by atoms with E-state index in [0.29, 0.717) is 29.4 Å². The molecular formula is C22H20O6. The van der Waals surface area contributed by atoms with Gasteiger partial charge in [0.2, 0.25) is 0 Å². The molecule has 28 heavy (non-hydrogen) atoms. The molecule has 0 unspecified atom stereocenters. The van der Waals surface area contributed by atoms with E-state index in [9.17, 15) is 9.59 Å². The summed E-state index contributed by atoms with van der Waals surface area (Å²) in [4.78, 5) is 23.5. The highest BCUT2D eigenvalue weighted by atomic mass is 16.6. The van der Waals surface area contributed by atoms with Crippen molar-refractivity contribution in [2.45, 2.75) is 13.8 Å². The minimum absolute atomic E-state index is 0.333. The summed E-state index contributed by atoms with van der Waals surface area (Å²) in [5.41, 5.74) is 1.91. The molecule has 1 aliphatic heterocycles. The lowest BCUT2D eigenvalue weighted by atomic mass is 10.1. The largest absolute Gasteiger partial charge is 0.497 e. The second-order valence-electron chi connectivity index (χ2n) is 5.96. The molecule has 0 bridgehead atoms. The predicted octanol–water partition coefficient (Wildman–Crippen LogP) is 4.00. The maximum atomic E-state index is 12.2. The normalized spacial score (nSPS) is 14.5. The van der Waals surface area contributed by atoms with Crippen LogP contribution in [0.15, 0.2) is 54.1 Å². The van der Waals surface area contributed by atoms with E-state index in [0.717, 1.165) is 16.9 Å². The predicted molar refractivity (Wildman–Crippen MR) is 104 cm³/mol. The summed E-state index contributed by atoms with van der Waals surface area (Å²) in [5.74, 6) is 1.09. The summed E-state index contributed by atoms with van der Waals surface area (Å²) >= 11 is 0. The number of cyclic esters (lactones) is 1. The fourth-order valence-electron chi connectivity index (χ4n) is 2.69. The van der Waals surface area contributed by atoms with Crippen molar-refractivity contribution in [2.75, 3.05) is 13.7 Å². The van der Waals surface area contributed by atoms with E-state index in [1.54, 1.807) is 49.6 Å². The third-order valence-electron chi connectivity index (χ3n) is 3.94. The Labute approximate surface area is 163 Å². The van der Waals surface area contributed by atoms with Gasteiger partial charge in [-0.3, -0.25) is 4.79 Å². The van der Waals surface area contributed by atoms with Crippen LogP contribution in [0.5, 0.6) is 17.2 Å². The maximum absolute atomic E-state index is 12.2. The molecule has 144 valence electrons. The van der Waals surface area contributed by atoms with Crippen LogP contribution in [-0.4, -0.2) is 25.7 Å². The minimum Gasteiger partial charge on any atom is -0.497 e. The Bertz CT molecular complexity index is 953. The monoisotopic (exact) mass is 380 g/mol. The molecule has 0 atom stereocenters. The Morgan fingerprint density at radius 3 is 2.50 bits per heavy atom. The Balaban J connectivity index is 1.89. The molecular weight excluding hydrogens is 360 g/mol. The molecule has 0 amide bonds. The van der Waals surface area contributed by atoms with Crippen LogP contribution in [0.2, 0.25) is 0 Å². The molecule has 0 spiro atoms. The van der Waals surface area contributed by atoms with Crippen molar-refractivity contribution in [1.29, 1.82) is 0 Å². The third kappa shape index (κ3) is 4.40. The number of hydrogen-bond acceptors (Lipinski definition) is 6. The number of benzene rings is 2. The molecule has 1 aliphatic rings. The average molecular weight is 380 g/mol. The quantitative estimate of drug-likeness (QED) is 0.429. The molecule has 3 rings (SSSR count). The highest BCUT2D eigenvalue weighted by Gasteiger charge is 2.22. The topological polar surface area (TPSA) is 71.1 Å². The second kappa shape index (κ2) is 8.43. The molecule has 0 saturated heterocycles. The van der Waals surface area contributed by atoms with Gasteiger partial charge in [0.05, 0.1) is 19.3 Å². The van der Waals surface area contributed by atoms with Crippen LogP contribution in [0.3, 0.4) is 0 Å². The maximum Gasteiger partial charge on any atom is 0.343 e. The van der Waals surface area contributed by atoms with E-state index >= 15 is 0 Å². The van der Waals surface area contributed by atoms with Crippen molar-refractivity contribution in [3.63, 3.8) is 0 Å². The van der Waals surface area contributed by atoms with Crippen molar-refractivity contribution < 1.29 is 28.5 Å². The molecule has 2 aromatic rings. The van der Waals surface area contributed by atoms with Gasteiger partial charge >= 0.3 is 11.9 Å². The lowest BCUT2D eigenvalue weighted by Crippen LogP contribution is -2.04. The fraction of sp³-hybridized carbons (Fsp3) is 0.182. The molecule has 2 aromatic carbocycles. The summed E-state index contributed by atoms with van der Waals surface area (Å²) in [6.07, 6.45) is 3.38. The van der Waals surface area contributed by atoms with E-state index in [4.69, 9.17) is 18.9 Å². The summed E-state index contributed by atoms with van der Waals surface area (Å²) in [6, 6.07) is 12.3. The number of methoxy groups -OCH3 is 1. The standard InChI is InChI=1S/C22H20O6/c1-4-26-21-12-15(5-10-19(21)27-14(2)23)11-17-13-20(28-22(17)24)16-6-8-18(25-3)9-7-16/h5-13H,4H2,1-3H3. The van der Waals surface area contributed by atoms with E-state index in [2.05, 4.69) is 0 Å². The van der Waals surface area contributed by atoms with E-state index in [1.165, 1.54) is 6.92 Å². The van der Waals surface area contributed by atoms with Crippen molar-refractivity contribution in [1.82, 2.24) is 0 Å². The summed E-state index contributed by atoms with van der Waals surface area (Å²) in [6.45, 7) is 3.57. The van der Waals surface area contributed by atoms with E-state index < -0.39 is 11.9 Å². The summed E-state index contributed by atoms with van der Waals surface area (Å²) in [7, 11) is 1.59. The van der Waals surface area contributed by atoms with Gasteiger partial charge in [-0.1, -0.05) is 6.07 Å². The van der Waals surface area contributed by atoms with Gasteiger partial charge in [0.15, 0.2) is 11.5 Å². The molecule has 6 nitrogen and oxygen atoms in total. The molecule has 0 N–H and O–H groups in total. The van der Waals surface area contributed by atoms with Crippen LogP contribution in [-0.2, 0) is 14.3 Å². The number of esters is 2. The van der Waals surface area contributed by atoms with Crippen molar-refractivity contribution >= 4 is 23.8 Å². The zero-order valence-electron chi connectivity index (χ0n) is 15.9. The lowest BCUT2D eigenvalue weighted by Gasteiger charge is -2.10. The average Bonchev–Trinajstić information content (AvgIpc) is 3.04. The van der Waals surface area contributed by atoms with Crippen LogP contribution in [0.1, 0.15) is 25.0 Å². The third-order valence-corrected chi connectivity index (χ3v) is 3.94. The van der Waals surface area contributed by atoms with E-state index in [1.807, 2.05) is 19.1 Å². The van der Waals surface area contributed by atoms with Gasteiger partial charge in [-0.15, -0.1) is 0 Å². The Morgan fingerprint density at radius 1 is 1.11 bits per heavy atom. The summed E-state index contributed by atoms with van der Waals surface area (Å²) in [5, 5.41) is 0. The first-order valence-electron chi connectivity index (χ1n) is 8.75. The number of carbonyl (C=O) groups excluding carboxylic acids is 2. The molecule has 0 radical (unpaired) electrons. The summed E-state index contributed by atoms with van der Waals surface area (Å²) < 4.78 is 21.2. The molecule has 1 heterocycles. The van der Waals surface area contributed by atoms with Crippen molar-refractivity contribution in [2.24, 2.45) is 0 Å². The van der Waals surface area contributed by atoms with Gasteiger partial charge < -0.3 is 18.9 Å². The highest BCUT2D eigenvalue weighted by Crippen LogP contribution is 2.32. The Kier molecular flexibility index (Phi) is 5.79. The fourth-order valence-corrected chi connectivity index (χ4v) is 2.69. The van der Waals surface area contributed by atoms with Crippen LogP contribution < -0.4 is 14.2 Å². The zero-order chi connectivity index (χ0) is 20.1. The van der Waals surface area contributed by atoms with Crippen molar-refractivity contribution in [3.05, 3.63) is 65.2 Å². The SMILES string of the molecule is CCOc1cc(C=C2C=C(c3ccc(OC)cc3)OC2=O)ccc1OC(C)=O. The zero-order valence-corrected chi connectivity index (χ0v) is 15.9. The smallest absolute Gasteiger partial charge is 0.343 e. The minimum atomic E-state index is -0.437. The Morgan fingerprint density at radius 2 is 1.86 bits per heavy atom. The van der Waals surface area contributed by atoms with Gasteiger partial charge in [0, 0.05) is 12.5 Å². The van der Waals surface area contributed by atoms with Crippen LogP contribution in [0.25, 0.3) is 11.8 Å². The second-order valence-corrected chi connectivity index (χ2v) is 5.96. The number of carbonyl (C=O) groups is 2. The van der Waals surface area contributed by atoms with Gasteiger partial charge in [-0.05, 0) is 61.0 Å². The first-order valence-corrected chi connectivity index (χ1v) is 8.75. The van der Waals surface area contributed by atoms with Crippen LogP contribution in [0.4, 0.5) is 0 Å². The van der Waals surface area contributed by atoms with Crippen molar-refractivity contribution in [3.8, 4) is 17.2 Å². The first kappa shape index (κ1) is 19.2. The van der Waals surface area contributed by atoms with Gasteiger partial charge in [0.1, 0.15) is 11.5 Å². The molecule has 0 aliphatic carbocycles. The molecule has 0 fully saturated rings. The number of rotatable bonds is 6.